The fraction of sp³-hybridized carbons (Fsp3) is 0.222. The molecule has 0 unspecified atom stereocenters. The van der Waals surface area contributed by atoms with Crippen LogP contribution in [-0.4, -0.2) is 45.2 Å². The van der Waals surface area contributed by atoms with E-state index in [2.05, 4.69) is 30.7 Å². The summed E-state index contributed by atoms with van der Waals surface area (Å²) in [7, 11) is 1.46. The average Bonchev–Trinajstić information content (AvgIpc) is 3.04. The molecule has 0 aliphatic rings. The molecule has 102 valence electrons. The van der Waals surface area contributed by atoms with E-state index in [4.69, 9.17) is 6.15 Å². The third-order valence-electron chi connectivity index (χ3n) is 2.39. The fourth-order valence-corrected chi connectivity index (χ4v) is 1.44. The number of aromatic nitrogens is 9. The Kier molecular flexibility index (Phi) is 2.63. The molecule has 20 heavy (non-hydrogen) atoms. The highest BCUT2D eigenvalue weighted by Crippen LogP contribution is 2.09. The van der Waals surface area contributed by atoms with Gasteiger partial charge in [0.15, 0.2) is 1.41 Å². The van der Waals surface area contributed by atoms with Crippen molar-refractivity contribution in [3.05, 3.63) is 34.8 Å². The lowest BCUT2D eigenvalue weighted by Gasteiger charge is -2.05. The lowest BCUT2D eigenvalue weighted by molar-refractivity contribution is 0.287. The van der Waals surface area contributed by atoms with Gasteiger partial charge < -0.3 is 4.74 Å². The highest BCUT2D eigenvalue weighted by Gasteiger charge is 2.15. The Bertz CT molecular complexity index is 822. The first-order valence-electron chi connectivity index (χ1n) is 5.93. The molecule has 0 fully saturated rings. The van der Waals surface area contributed by atoms with Crippen LogP contribution in [0.15, 0.2) is 23.4 Å². The first-order chi connectivity index (χ1) is 10.1. The largest absolute Gasteiger partial charge is 0.470 e. The molecule has 0 atom stereocenters. The summed E-state index contributed by atoms with van der Waals surface area (Å²) in [6.07, 6.45) is 2.65. The van der Waals surface area contributed by atoms with E-state index in [-0.39, 0.29) is 18.3 Å². The van der Waals surface area contributed by atoms with Crippen molar-refractivity contribution in [2.75, 3.05) is 0 Å². The fourth-order valence-electron chi connectivity index (χ4n) is 1.44. The van der Waals surface area contributed by atoms with Crippen LogP contribution in [0.1, 0.15) is 5.69 Å². The van der Waals surface area contributed by atoms with Crippen molar-refractivity contribution < 1.29 is 6.15 Å². The summed E-state index contributed by atoms with van der Waals surface area (Å²) in [6.45, 7) is -0.00905. The normalized spacial score (nSPS) is 11.3. The molecule has 0 radical (unpaired) electrons. The van der Waals surface area contributed by atoms with Crippen LogP contribution in [0.2, 0.25) is 1.41 Å². The minimum Gasteiger partial charge on any atom is -0.470 e. The molecule has 11 heteroatoms. The van der Waals surface area contributed by atoms with Crippen LogP contribution in [0.5, 0.6) is 5.88 Å². The number of hydrogen-bond donors (Lipinski definition) is 1. The van der Waals surface area contributed by atoms with E-state index in [0.717, 1.165) is 14.5 Å². The van der Waals surface area contributed by atoms with Crippen LogP contribution < -0.4 is 10.4 Å². The molecule has 0 bridgehead atoms. The number of nitrogens with one attached hydrogen (secondary N) is 1. The van der Waals surface area contributed by atoms with E-state index in [9.17, 15) is 4.79 Å². The highest BCUT2D eigenvalue weighted by molar-refractivity contribution is 5.24. The molecule has 0 saturated carbocycles. The number of H-pyrrole nitrogens is 1. The summed E-state index contributed by atoms with van der Waals surface area (Å²) in [6, 6.07) is 1.52. The molecule has 0 aromatic carbocycles. The molecular formula is C9H9N9O2. The second-order valence-corrected chi connectivity index (χ2v) is 3.69. The van der Waals surface area contributed by atoms with Gasteiger partial charge in [0.25, 0.3) is 0 Å². The van der Waals surface area contributed by atoms with Crippen molar-refractivity contribution in [3.63, 3.8) is 0 Å². The third kappa shape index (κ3) is 2.11. The van der Waals surface area contributed by atoms with Crippen LogP contribution in [0.4, 0.5) is 0 Å². The number of aryl methyl sites for hydroxylation is 1. The zero-order chi connectivity index (χ0) is 14.8. The highest BCUT2D eigenvalue weighted by atomic mass is 16.5. The number of tetrazole rings is 1. The molecule has 0 saturated heterocycles. The maximum atomic E-state index is 11.8. The smallest absolute Gasteiger partial charge is 0.369 e. The second kappa shape index (κ2) is 4.87. The minimum absolute atomic E-state index is 0.00905. The quantitative estimate of drug-likeness (QED) is 0.607. The summed E-state index contributed by atoms with van der Waals surface area (Å²) in [5, 5.41) is 19.3. The Morgan fingerprint density at radius 3 is 3.10 bits per heavy atom. The van der Waals surface area contributed by atoms with Gasteiger partial charge in [-0.2, -0.15) is 4.68 Å². The third-order valence-corrected chi connectivity index (χ3v) is 2.39. The van der Waals surface area contributed by atoms with Crippen LogP contribution >= 0.6 is 0 Å². The lowest BCUT2D eigenvalue weighted by Crippen LogP contribution is -2.24. The van der Waals surface area contributed by atoms with E-state index in [0.29, 0.717) is 5.69 Å². The molecule has 3 heterocycles. The van der Waals surface area contributed by atoms with E-state index < -0.39 is 5.69 Å². The number of hydrogen-bond acceptors (Lipinski definition) is 8. The van der Waals surface area contributed by atoms with Crippen molar-refractivity contribution in [1.82, 2.24) is 45.2 Å². The molecule has 0 aliphatic carbocycles. The number of rotatable bonds is 4. The van der Waals surface area contributed by atoms with Gasteiger partial charge in [0.2, 0.25) is 11.7 Å². The Morgan fingerprint density at radius 2 is 2.40 bits per heavy atom. The summed E-state index contributed by atoms with van der Waals surface area (Å²) in [5.41, 5.74) is -0.138. The van der Waals surface area contributed by atoms with Crippen LogP contribution in [-0.2, 0) is 13.7 Å². The minimum atomic E-state index is -0.478. The van der Waals surface area contributed by atoms with Gasteiger partial charge in [-0.1, -0.05) is 0 Å². The zero-order valence-electron chi connectivity index (χ0n) is 11.3. The molecule has 0 aliphatic heterocycles. The van der Waals surface area contributed by atoms with Crippen molar-refractivity contribution in [1.29, 1.82) is 0 Å². The van der Waals surface area contributed by atoms with E-state index in [1.165, 1.54) is 25.6 Å². The first-order valence-corrected chi connectivity index (χ1v) is 5.49. The predicted octanol–water partition coefficient (Wildman–Crippen LogP) is -1.55. The molecule has 0 amide bonds. The predicted molar refractivity (Wildman–Crippen MR) is 62.9 cm³/mol. The molecule has 3 aromatic rings. The number of ether oxygens (including phenoxy) is 1. The van der Waals surface area contributed by atoms with Gasteiger partial charge in [-0.25, -0.2) is 9.78 Å². The molecule has 3 aromatic heterocycles. The molecule has 11 nitrogen and oxygen atoms in total. The van der Waals surface area contributed by atoms with Crippen molar-refractivity contribution >= 4 is 0 Å². The van der Waals surface area contributed by atoms with E-state index in [1.807, 2.05) is 0 Å². The van der Waals surface area contributed by atoms with Gasteiger partial charge in [0.1, 0.15) is 18.6 Å². The van der Waals surface area contributed by atoms with Crippen molar-refractivity contribution in [2.45, 2.75) is 6.61 Å². The standard InChI is InChI=1S/C9H9N9O2/c1-17-9(19)18(16-15-17)8-6(10-5-12-14-8)4-20-7-2-3-11-13-7/h2-3,5H,4H2,1H3,(H,11,13)/i/hT. The molecule has 1 N–H and O–H groups in total. The number of nitrogens with zero attached hydrogens (tertiary/aromatic N) is 8. The molecule has 0 spiro atoms. The average molecular weight is 277 g/mol. The van der Waals surface area contributed by atoms with Crippen molar-refractivity contribution in [3.8, 4) is 11.7 Å². The Hall–Kier alpha value is -3.11. The van der Waals surface area contributed by atoms with Crippen molar-refractivity contribution in [2.24, 2.45) is 7.05 Å². The Morgan fingerprint density at radius 1 is 1.50 bits per heavy atom. The monoisotopic (exact) mass is 277 g/mol. The van der Waals surface area contributed by atoms with E-state index >= 15 is 0 Å². The van der Waals surface area contributed by atoms with Gasteiger partial charge in [-0.05, 0) is 10.4 Å². The van der Waals surface area contributed by atoms with Gasteiger partial charge >= 0.3 is 5.69 Å². The Balaban J connectivity index is 1.89. The summed E-state index contributed by atoms with van der Waals surface area (Å²) >= 11 is 0. The maximum Gasteiger partial charge on any atom is 0.369 e. The molecular weight excluding hydrogens is 266 g/mol. The summed E-state index contributed by atoms with van der Waals surface area (Å²) < 4.78 is 14.6. The van der Waals surface area contributed by atoms with Gasteiger partial charge in [0.05, 0.1) is 0 Å². The molecule has 3 rings (SSSR count). The number of aromatic amines is 1. The Labute approximate surface area is 112 Å². The summed E-state index contributed by atoms with van der Waals surface area (Å²) in [5.74, 6) is 0.377. The maximum absolute atomic E-state index is 11.8. The van der Waals surface area contributed by atoms with E-state index in [1.54, 1.807) is 0 Å². The summed E-state index contributed by atoms with van der Waals surface area (Å²) in [4.78, 5) is 15.8. The topological polar surface area (TPSA) is 129 Å². The van der Waals surface area contributed by atoms with Gasteiger partial charge in [-0.3, -0.25) is 5.09 Å². The SMILES string of the molecule is [3H]n1ccc(OCc2ncnnc2-n2nnn(C)c2=O)n1. The van der Waals surface area contributed by atoms with Gasteiger partial charge in [-0.15, -0.1) is 20.0 Å². The van der Waals surface area contributed by atoms with Crippen LogP contribution in [0.3, 0.4) is 0 Å². The van der Waals surface area contributed by atoms with Crippen LogP contribution in [0.25, 0.3) is 5.82 Å². The zero-order valence-corrected chi connectivity index (χ0v) is 10.3. The van der Waals surface area contributed by atoms with Gasteiger partial charge in [0, 0.05) is 19.3 Å². The second-order valence-electron chi connectivity index (χ2n) is 3.69. The van der Waals surface area contributed by atoms with Crippen LogP contribution in [0, 0.1) is 0 Å². The first kappa shape index (κ1) is 10.8. The lowest BCUT2D eigenvalue weighted by atomic mass is 10.4.